The molecule has 0 aromatic rings. The third-order valence-electron chi connectivity index (χ3n) is 11.7. The standard InChI is InChI=1S/C51H92N2O6/c1-6-10-13-16-19-20-27-34-43-58-49(54)39-32-24-23-28-35-45(36-29-25-26-33-41-52-48-44-46(40-42-53(48)5)50(55)57-9-4)51(56)59-47(37-30-21-17-14-11-7-2)38-31-22-18-15-12-8-3/h17-22,45-48,52H,6-16,23-44H2,1-5H3/b20-19-,21-17-,22-18-. The minimum Gasteiger partial charge on any atom is -0.466 e. The second kappa shape index (κ2) is 39.7. The Morgan fingerprint density at radius 3 is 1.80 bits per heavy atom. The molecule has 1 fully saturated rings. The average molecular weight is 829 g/mol. The van der Waals surface area contributed by atoms with E-state index in [1.807, 2.05) is 6.92 Å². The van der Waals surface area contributed by atoms with Gasteiger partial charge in [-0.05, 0) is 123 Å². The van der Waals surface area contributed by atoms with E-state index in [0.29, 0.717) is 19.6 Å². The van der Waals surface area contributed by atoms with Crippen molar-refractivity contribution in [1.29, 1.82) is 0 Å². The van der Waals surface area contributed by atoms with Crippen LogP contribution in [-0.4, -0.2) is 68.4 Å². The van der Waals surface area contributed by atoms with Crippen LogP contribution in [0.5, 0.6) is 0 Å². The van der Waals surface area contributed by atoms with Crippen LogP contribution in [0.25, 0.3) is 0 Å². The van der Waals surface area contributed by atoms with Gasteiger partial charge in [-0.1, -0.05) is 134 Å². The Morgan fingerprint density at radius 1 is 0.627 bits per heavy atom. The van der Waals surface area contributed by atoms with Gasteiger partial charge in [0.2, 0.25) is 0 Å². The number of ether oxygens (including phenoxy) is 3. The van der Waals surface area contributed by atoms with Crippen LogP contribution in [0, 0.1) is 11.8 Å². The molecule has 8 nitrogen and oxygen atoms in total. The maximum Gasteiger partial charge on any atom is 0.309 e. The third kappa shape index (κ3) is 31.1. The lowest BCUT2D eigenvalue weighted by molar-refractivity contribution is -0.155. The number of nitrogens with zero attached hydrogens (tertiary/aromatic N) is 1. The number of carbonyl (C=O) groups excluding carboxylic acids is 3. The van der Waals surface area contributed by atoms with Crippen LogP contribution < -0.4 is 5.32 Å². The van der Waals surface area contributed by atoms with Gasteiger partial charge in [-0.15, -0.1) is 0 Å². The third-order valence-corrected chi connectivity index (χ3v) is 11.7. The first-order valence-corrected chi connectivity index (χ1v) is 24.8. The molecule has 8 heteroatoms. The summed E-state index contributed by atoms with van der Waals surface area (Å²) >= 11 is 0. The van der Waals surface area contributed by atoms with Crippen molar-refractivity contribution in [2.24, 2.45) is 11.8 Å². The van der Waals surface area contributed by atoms with Crippen molar-refractivity contribution >= 4 is 17.9 Å². The summed E-state index contributed by atoms with van der Waals surface area (Å²) in [6, 6.07) is 0. The van der Waals surface area contributed by atoms with Crippen molar-refractivity contribution < 1.29 is 28.6 Å². The molecule has 0 aromatic carbocycles. The van der Waals surface area contributed by atoms with E-state index in [4.69, 9.17) is 14.2 Å². The van der Waals surface area contributed by atoms with Gasteiger partial charge in [-0.3, -0.25) is 19.3 Å². The maximum absolute atomic E-state index is 13.9. The van der Waals surface area contributed by atoms with E-state index < -0.39 is 0 Å². The first kappa shape index (κ1) is 54.6. The van der Waals surface area contributed by atoms with E-state index in [1.165, 1.54) is 44.9 Å². The second-order valence-corrected chi connectivity index (χ2v) is 17.0. The van der Waals surface area contributed by atoms with E-state index in [9.17, 15) is 14.4 Å². The highest BCUT2D eigenvalue weighted by Crippen LogP contribution is 2.24. The topological polar surface area (TPSA) is 94.2 Å². The lowest BCUT2D eigenvalue weighted by Gasteiger charge is -2.36. The van der Waals surface area contributed by atoms with E-state index in [1.54, 1.807) is 0 Å². The molecule has 3 atom stereocenters. The maximum atomic E-state index is 13.9. The Balaban J connectivity index is 2.63. The Kier molecular flexibility index (Phi) is 36.7. The molecule has 1 N–H and O–H groups in total. The fourth-order valence-electron chi connectivity index (χ4n) is 7.74. The van der Waals surface area contributed by atoms with Gasteiger partial charge in [0.15, 0.2) is 0 Å². The zero-order valence-electron chi connectivity index (χ0n) is 39.0. The second-order valence-electron chi connectivity index (χ2n) is 17.0. The Morgan fingerprint density at radius 2 is 1.19 bits per heavy atom. The largest absolute Gasteiger partial charge is 0.466 e. The molecule has 0 aromatic heterocycles. The highest BCUT2D eigenvalue weighted by Gasteiger charge is 2.31. The summed E-state index contributed by atoms with van der Waals surface area (Å²) in [5.74, 6) is -0.275. The highest BCUT2D eigenvalue weighted by molar-refractivity contribution is 5.73. The normalized spacial score (nSPS) is 16.8. The number of hydrogen-bond donors (Lipinski definition) is 1. The zero-order valence-corrected chi connectivity index (χ0v) is 39.0. The fourth-order valence-corrected chi connectivity index (χ4v) is 7.74. The molecule has 3 unspecified atom stereocenters. The summed E-state index contributed by atoms with van der Waals surface area (Å²) in [7, 11) is 2.13. The predicted molar refractivity (Wildman–Crippen MR) is 247 cm³/mol. The molecule has 1 aliphatic heterocycles. The van der Waals surface area contributed by atoms with Crippen molar-refractivity contribution in [3.63, 3.8) is 0 Å². The van der Waals surface area contributed by atoms with Gasteiger partial charge in [0.05, 0.1) is 31.2 Å². The summed E-state index contributed by atoms with van der Waals surface area (Å²) in [5.41, 5.74) is 0. The van der Waals surface area contributed by atoms with Gasteiger partial charge in [-0.25, -0.2) is 0 Å². The van der Waals surface area contributed by atoms with Crippen LogP contribution in [0.4, 0.5) is 0 Å². The number of nitrogens with one attached hydrogen (secondary N) is 1. The minimum absolute atomic E-state index is 0.0162. The summed E-state index contributed by atoms with van der Waals surface area (Å²) in [4.78, 5) is 40.8. The summed E-state index contributed by atoms with van der Waals surface area (Å²) < 4.78 is 17.1. The number of unbranched alkanes of at least 4 members (excludes halogenated alkanes) is 14. The highest BCUT2D eigenvalue weighted by atomic mass is 16.5. The van der Waals surface area contributed by atoms with Crippen LogP contribution in [0.15, 0.2) is 36.5 Å². The summed E-state index contributed by atoms with van der Waals surface area (Å²) in [5, 5.41) is 3.68. The average Bonchev–Trinajstić information content (AvgIpc) is 3.23. The molecule has 0 bridgehead atoms. The molecular weight excluding hydrogens is 737 g/mol. The molecular formula is C51H92N2O6. The van der Waals surface area contributed by atoms with Gasteiger partial charge in [0, 0.05) is 13.0 Å². The first-order chi connectivity index (χ1) is 28.9. The number of allylic oxidation sites excluding steroid dienone is 6. The molecule has 0 spiro atoms. The Hall–Kier alpha value is -2.45. The first-order valence-electron chi connectivity index (χ1n) is 24.8. The van der Waals surface area contributed by atoms with Gasteiger partial charge in [0.1, 0.15) is 6.10 Å². The Labute approximate surface area is 363 Å². The van der Waals surface area contributed by atoms with E-state index in [2.05, 4.69) is 74.5 Å². The molecule has 0 amide bonds. The predicted octanol–water partition coefficient (Wildman–Crippen LogP) is 13.1. The number of carbonyl (C=O) groups is 3. The molecule has 59 heavy (non-hydrogen) atoms. The van der Waals surface area contributed by atoms with Crippen molar-refractivity contribution in [2.75, 3.05) is 33.4 Å². The summed E-state index contributed by atoms with van der Waals surface area (Å²) in [6.07, 6.45) is 43.1. The fraction of sp³-hybridized carbons (Fsp3) is 0.824. The van der Waals surface area contributed by atoms with Crippen molar-refractivity contribution in [2.45, 2.75) is 226 Å². The molecule has 0 radical (unpaired) electrons. The monoisotopic (exact) mass is 829 g/mol. The molecule has 1 saturated heterocycles. The smallest absolute Gasteiger partial charge is 0.309 e. The van der Waals surface area contributed by atoms with Crippen LogP contribution in [0.1, 0.15) is 214 Å². The van der Waals surface area contributed by atoms with Crippen LogP contribution >= 0.6 is 0 Å². The van der Waals surface area contributed by atoms with E-state index >= 15 is 0 Å². The van der Waals surface area contributed by atoms with E-state index in [-0.39, 0.29) is 42.0 Å². The van der Waals surface area contributed by atoms with Gasteiger partial charge < -0.3 is 19.5 Å². The van der Waals surface area contributed by atoms with Gasteiger partial charge >= 0.3 is 17.9 Å². The van der Waals surface area contributed by atoms with E-state index in [0.717, 1.165) is 148 Å². The number of hydrogen-bond acceptors (Lipinski definition) is 8. The number of piperidine rings is 1. The lowest BCUT2D eigenvalue weighted by atomic mass is 9.94. The molecule has 1 rings (SSSR count). The van der Waals surface area contributed by atoms with Crippen LogP contribution in [-0.2, 0) is 28.6 Å². The number of esters is 3. The quantitative estimate of drug-likeness (QED) is 0.0283. The van der Waals surface area contributed by atoms with Crippen LogP contribution in [0.2, 0.25) is 0 Å². The number of rotatable bonds is 39. The van der Waals surface area contributed by atoms with Crippen molar-refractivity contribution in [3.05, 3.63) is 36.5 Å². The lowest BCUT2D eigenvalue weighted by Crippen LogP contribution is -2.50. The SMILES string of the molecule is CCCC/C=C\CCC(CC/C=C\CCCC)OC(=O)C(CCCCCCNC1CC(C(=O)OCC)CCN1C)CCCCCCC(=O)OCCC/C=C\CCCCC. The molecule has 342 valence electrons. The van der Waals surface area contributed by atoms with Crippen molar-refractivity contribution in [3.8, 4) is 0 Å². The van der Waals surface area contributed by atoms with Crippen LogP contribution in [0.3, 0.4) is 0 Å². The van der Waals surface area contributed by atoms with Gasteiger partial charge in [0.25, 0.3) is 0 Å². The summed E-state index contributed by atoms with van der Waals surface area (Å²) in [6.45, 7) is 11.3. The van der Waals surface area contributed by atoms with Crippen molar-refractivity contribution in [1.82, 2.24) is 10.2 Å². The zero-order chi connectivity index (χ0) is 43.0. The van der Waals surface area contributed by atoms with Gasteiger partial charge in [-0.2, -0.15) is 0 Å². The molecule has 1 heterocycles. The molecule has 0 saturated carbocycles. The Bertz CT molecular complexity index is 1080. The molecule has 1 aliphatic rings. The number of likely N-dealkylation sites (tertiary alicyclic amines) is 1. The molecule has 0 aliphatic carbocycles. The minimum atomic E-state index is -0.0910.